The number of unbranched alkanes of at least 4 members (excludes halogenated alkanes) is 38. The first-order chi connectivity index (χ1) is 30.4. The van der Waals surface area contributed by atoms with Gasteiger partial charge in [0, 0.05) is 19.3 Å². The van der Waals surface area contributed by atoms with E-state index in [0.717, 1.165) is 63.7 Å². The zero-order chi connectivity index (χ0) is 45.2. The monoisotopic (exact) mass is 877 g/mol. The van der Waals surface area contributed by atoms with Gasteiger partial charge in [-0.05, 0) is 25.2 Å². The van der Waals surface area contributed by atoms with Gasteiger partial charge in [0.1, 0.15) is 13.2 Å². The molecule has 0 aliphatic carbocycles. The Morgan fingerprint density at radius 3 is 0.790 bits per heavy atom. The molecule has 0 N–H and O–H groups in total. The Balaban J connectivity index is 4.29. The SMILES string of the molecule is CCCCCCCCCCCCCCCCCCCCC(=O)O[C@H](COC(=O)CCCCCCCCCCCCCCC)COC(=O)CCCCCCCCCCCCC(C)C. The first-order valence-electron chi connectivity index (χ1n) is 27.9. The smallest absolute Gasteiger partial charge is 0.306 e. The summed E-state index contributed by atoms with van der Waals surface area (Å²) in [6.07, 6.45) is 53.8. The quantitative estimate of drug-likeness (QED) is 0.0344. The summed E-state index contributed by atoms with van der Waals surface area (Å²) >= 11 is 0. The topological polar surface area (TPSA) is 78.9 Å². The third-order valence-electron chi connectivity index (χ3n) is 12.8. The van der Waals surface area contributed by atoms with Crippen LogP contribution >= 0.6 is 0 Å². The van der Waals surface area contributed by atoms with Crippen LogP contribution in [0.5, 0.6) is 0 Å². The molecule has 368 valence electrons. The van der Waals surface area contributed by atoms with Crippen LogP contribution in [-0.2, 0) is 28.6 Å². The van der Waals surface area contributed by atoms with Crippen molar-refractivity contribution in [1.82, 2.24) is 0 Å². The van der Waals surface area contributed by atoms with E-state index in [9.17, 15) is 14.4 Å². The fourth-order valence-corrected chi connectivity index (χ4v) is 8.57. The molecule has 0 spiro atoms. The second-order valence-electron chi connectivity index (χ2n) is 19.7. The molecule has 0 bridgehead atoms. The van der Waals surface area contributed by atoms with E-state index >= 15 is 0 Å². The van der Waals surface area contributed by atoms with Crippen molar-refractivity contribution in [2.45, 2.75) is 323 Å². The van der Waals surface area contributed by atoms with Crippen LogP contribution in [0.15, 0.2) is 0 Å². The van der Waals surface area contributed by atoms with Gasteiger partial charge in [-0.25, -0.2) is 0 Å². The van der Waals surface area contributed by atoms with Crippen molar-refractivity contribution < 1.29 is 28.6 Å². The summed E-state index contributed by atoms with van der Waals surface area (Å²) in [7, 11) is 0. The van der Waals surface area contributed by atoms with Crippen LogP contribution in [0.3, 0.4) is 0 Å². The van der Waals surface area contributed by atoms with Gasteiger partial charge < -0.3 is 14.2 Å². The van der Waals surface area contributed by atoms with Gasteiger partial charge in [0.2, 0.25) is 0 Å². The average molecular weight is 877 g/mol. The van der Waals surface area contributed by atoms with Crippen molar-refractivity contribution in [3.63, 3.8) is 0 Å². The molecular formula is C56H108O6. The van der Waals surface area contributed by atoms with Gasteiger partial charge in [-0.3, -0.25) is 14.4 Å². The molecule has 0 aliphatic heterocycles. The highest BCUT2D eigenvalue weighted by Crippen LogP contribution is 2.18. The molecule has 0 amide bonds. The van der Waals surface area contributed by atoms with Gasteiger partial charge >= 0.3 is 17.9 Å². The molecule has 0 rings (SSSR count). The predicted octanol–water partition coefficient (Wildman–Crippen LogP) is 18.2. The standard InChI is InChI=1S/C56H108O6/c1-5-7-9-11-13-15-17-19-20-21-22-23-25-27-33-37-41-45-49-56(59)62-53(50-60-54(57)47-43-39-35-31-26-24-18-16-14-12-10-8-6-2)51-61-55(58)48-44-40-36-32-29-28-30-34-38-42-46-52(3)4/h52-53H,5-51H2,1-4H3/t53-/m1/s1. The number of hydrogen-bond donors (Lipinski definition) is 0. The van der Waals surface area contributed by atoms with Crippen molar-refractivity contribution in [3.05, 3.63) is 0 Å². The molecule has 6 nitrogen and oxygen atoms in total. The third kappa shape index (κ3) is 49.4. The van der Waals surface area contributed by atoms with Gasteiger partial charge in [0.05, 0.1) is 0 Å². The molecule has 0 saturated heterocycles. The van der Waals surface area contributed by atoms with E-state index in [1.807, 2.05) is 0 Å². The summed E-state index contributed by atoms with van der Waals surface area (Å²) < 4.78 is 16.9. The van der Waals surface area contributed by atoms with E-state index in [1.165, 1.54) is 212 Å². The minimum atomic E-state index is -0.761. The lowest BCUT2D eigenvalue weighted by atomic mass is 10.0. The first-order valence-corrected chi connectivity index (χ1v) is 27.9. The maximum atomic E-state index is 12.8. The summed E-state index contributed by atoms with van der Waals surface area (Å²) in [5.74, 6) is -0.0208. The molecule has 0 aromatic rings. The number of ether oxygens (including phenoxy) is 3. The van der Waals surface area contributed by atoms with Crippen LogP contribution in [0.4, 0.5) is 0 Å². The number of hydrogen-bond acceptors (Lipinski definition) is 6. The lowest BCUT2D eigenvalue weighted by Gasteiger charge is -2.18. The Bertz CT molecular complexity index is 933. The second kappa shape index (κ2) is 50.4. The van der Waals surface area contributed by atoms with Crippen LogP contribution < -0.4 is 0 Å². The minimum absolute atomic E-state index is 0.0624. The lowest BCUT2D eigenvalue weighted by molar-refractivity contribution is -0.167. The molecule has 62 heavy (non-hydrogen) atoms. The van der Waals surface area contributed by atoms with Gasteiger partial charge in [0.15, 0.2) is 6.10 Å². The van der Waals surface area contributed by atoms with E-state index < -0.39 is 6.10 Å². The summed E-state index contributed by atoms with van der Waals surface area (Å²) in [5.41, 5.74) is 0. The highest BCUT2D eigenvalue weighted by molar-refractivity contribution is 5.71. The number of rotatable bonds is 51. The van der Waals surface area contributed by atoms with E-state index in [1.54, 1.807) is 0 Å². The lowest BCUT2D eigenvalue weighted by Crippen LogP contribution is -2.30. The number of carbonyl (C=O) groups excluding carboxylic acids is 3. The Kier molecular flexibility index (Phi) is 49.1. The summed E-state index contributed by atoms with van der Waals surface area (Å²) in [5, 5.41) is 0. The maximum Gasteiger partial charge on any atom is 0.306 e. The Morgan fingerprint density at radius 2 is 0.532 bits per heavy atom. The highest BCUT2D eigenvalue weighted by Gasteiger charge is 2.19. The van der Waals surface area contributed by atoms with E-state index in [-0.39, 0.29) is 31.1 Å². The second-order valence-corrected chi connectivity index (χ2v) is 19.7. The van der Waals surface area contributed by atoms with Crippen LogP contribution in [-0.4, -0.2) is 37.2 Å². The average Bonchev–Trinajstić information content (AvgIpc) is 3.26. The Morgan fingerprint density at radius 1 is 0.306 bits per heavy atom. The van der Waals surface area contributed by atoms with Crippen molar-refractivity contribution in [2.75, 3.05) is 13.2 Å². The van der Waals surface area contributed by atoms with E-state index in [0.29, 0.717) is 19.3 Å². The Labute approximate surface area is 387 Å². The highest BCUT2D eigenvalue weighted by atomic mass is 16.6. The van der Waals surface area contributed by atoms with Gasteiger partial charge in [0.25, 0.3) is 0 Å². The van der Waals surface area contributed by atoms with Crippen LogP contribution in [0.1, 0.15) is 317 Å². The molecule has 0 aromatic carbocycles. The van der Waals surface area contributed by atoms with Crippen molar-refractivity contribution in [3.8, 4) is 0 Å². The Hall–Kier alpha value is -1.59. The van der Waals surface area contributed by atoms with Gasteiger partial charge in [-0.1, -0.05) is 278 Å². The summed E-state index contributed by atoms with van der Waals surface area (Å²) in [6.45, 7) is 9.03. The summed E-state index contributed by atoms with van der Waals surface area (Å²) in [6, 6.07) is 0. The van der Waals surface area contributed by atoms with Crippen LogP contribution in [0.2, 0.25) is 0 Å². The first kappa shape index (κ1) is 60.4. The fourth-order valence-electron chi connectivity index (χ4n) is 8.57. The fraction of sp³-hybridized carbons (Fsp3) is 0.946. The molecule has 0 radical (unpaired) electrons. The largest absolute Gasteiger partial charge is 0.462 e. The third-order valence-corrected chi connectivity index (χ3v) is 12.8. The van der Waals surface area contributed by atoms with E-state index in [2.05, 4.69) is 27.7 Å². The number of carbonyl (C=O) groups is 3. The van der Waals surface area contributed by atoms with Crippen molar-refractivity contribution in [2.24, 2.45) is 5.92 Å². The van der Waals surface area contributed by atoms with E-state index in [4.69, 9.17) is 14.2 Å². The van der Waals surface area contributed by atoms with Crippen molar-refractivity contribution >= 4 is 17.9 Å². The molecule has 0 heterocycles. The van der Waals surface area contributed by atoms with Gasteiger partial charge in [-0.15, -0.1) is 0 Å². The zero-order valence-corrected chi connectivity index (χ0v) is 42.3. The molecule has 6 heteroatoms. The molecule has 0 unspecified atom stereocenters. The molecule has 0 fully saturated rings. The van der Waals surface area contributed by atoms with Crippen LogP contribution in [0, 0.1) is 5.92 Å². The van der Waals surface area contributed by atoms with Gasteiger partial charge in [-0.2, -0.15) is 0 Å². The van der Waals surface area contributed by atoms with Crippen LogP contribution in [0.25, 0.3) is 0 Å². The minimum Gasteiger partial charge on any atom is -0.462 e. The van der Waals surface area contributed by atoms with Crippen molar-refractivity contribution in [1.29, 1.82) is 0 Å². The molecule has 0 saturated carbocycles. The zero-order valence-electron chi connectivity index (χ0n) is 42.3. The normalized spacial score (nSPS) is 12.0. The molecule has 0 aliphatic rings. The molecule has 0 aromatic heterocycles. The number of esters is 3. The maximum absolute atomic E-state index is 12.8. The molecular weight excluding hydrogens is 769 g/mol. The summed E-state index contributed by atoms with van der Waals surface area (Å²) in [4.78, 5) is 38.0. The predicted molar refractivity (Wildman–Crippen MR) is 266 cm³/mol. The molecule has 1 atom stereocenters.